The van der Waals surface area contributed by atoms with Crippen LogP contribution in [0.25, 0.3) is 82.4 Å². The molecular weight excluding hydrogens is 701 g/mol. The normalized spacial score (nSPS) is 11.4. The molecule has 0 amide bonds. The van der Waals surface area contributed by atoms with Crippen LogP contribution in [0.1, 0.15) is 0 Å². The Bertz CT molecular complexity index is 3270. The molecular formula is C56H38N2. The van der Waals surface area contributed by atoms with Crippen molar-refractivity contribution < 1.29 is 0 Å². The predicted molar refractivity (Wildman–Crippen MR) is 247 cm³/mol. The zero-order chi connectivity index (χ0) is 38.4. The highest BCUT2D eigenvalue weighted by atomic mass is 15.1. The minimum absolute atomic E-state index is 1.10. The minimum atomic E-state index is 1.10. The molecule has 0 saturated heterocycles. The molecule has 1 aromatic heterocycles. The Kier molecular flexibility index (Phi) is 8.19. The van der Waals surface area contributed by atoms with Gasteiger partial charge in [-0.3, -0.25) is 0 Å². The van der Waals surface area contributed by atoms with Gasteiger partial charge in [0.25, 0.3) is 0 Å². The lowest BCUT2D eigenvalue weighted by Crippen LogP contribution is -2.11. The molecule has 0 aliphatic carbocycles. The number of hydrogen-bond donors (Lipinski definition) is 0. The number of aromatic nitrogens is 1. The van der Waals surface area contributed by atoms with Crippen molar-refractivity contribution in [2.75, 3.05) is 4.90 Å². The topological polar surface area (TPSA) is 8.17 Å². The molecule has 2 heteroatoms. The van der Waals surface area contributed by atoms with Crippen LogP contribution < -0.4 is 4.90 Å². The first kappa shape index (κ1) is 33.6. The van der Waals surface area contributed by atoms with Crippen molar-refractivity contribution in [3.8, 4) is 39.1 Å². The molecule has 11 aromatic rings. The van der Waals surface area contributed by atoms with Gasteiger partial charge in [0.2, 0.25) is 0 Å². The van der Waals surface area contributed by atoms with Gasteiger partial charge in [-0.2, -0.15) is 0 Å². The number of fused-ring (bicyclic) bond motifs is 6. The highest BCUT2D eigenvalue weighted by Gasteiger charge is 2.20. The van der Waals surface area contributed by atoms with Crippen LogP contribution in [0.3, 0.4) is 0 Å². The van der Waals surface area contributed by atoms with Crippen LogP contribution in [0, 0.1) is 0 Å². The fourth-order valence-electron chi connectivity index (χ4n) is 8.89. The van der Waals surface area contributed by atoms with Gasteiger partial charge in [0, 0.05) is 33.2 Å². The van der Waals surface area contributed by atoms with Gasteiger partial charge in [-0.05, 0) is 110 Å². The Morgan fingerprint density at radius 2 is 0.879 bits per heavy atom. The molecule has 11 rings (SSSR count). The molecule has 0 fully saturated rings. The maximum atomic E-state index is 2.44. The van der Waals surface area contributed by atoms with Crippen molar-refractivity contribution in [3.63, 3.8) is 0 Å². The third kappa shape index (κ3) is 5.74. The summed E-state index contributed by atoms with van der Waals surface area (Å²) in [4.78, 5) is 2.44. The average molecular weight is 739 g/mol. The first-order valence-corrected chi connectivity index (χ1v) is 19.9. The second-order valence-electron chi connectivity index (χ2n) is 14.9. The molecule has 0 aliphatic heterocycles. The summed E-state index contributed by atoms with van der Waals surface area (Å²) in [6, 6.07) is 83.7. The van der Waals surface area contributed by atoms with Gasteiger partial charge >= 0.3 is 0 Å². The van der Waals surface area contributed by atoms with E-state index in [2.05, 4.69) is 240 Å². The van der Waals surface area contributed by atoms with E-state index in [-0.39, 0.29) is 0 Å². The summed E-state index contributed by atoms with van der Waals surface area (Å²) in [6.45, 7) is 0. The van der Waals surface area contributed by atoms with E-state index in [9.17, 15) is 0 Å². The Balaban J connectivity index is 1.10. The number of hydrogen-bond acceptors (Lipinski definition) is 1. The van der Waals surface area contributed by atoms with Crippen molar-refractivity contribution >= 4 is 60.4 Å². The van der Waals surface area contributed by atoms with Gasteiger partial charge in [0.15, 0.2) is 0 Å². The number of para-hydroxylation sites is 2. The second-order valence-corrected chi connectivity index (χ2v) is 14.9. The Morgan fingerprint density at radius 3 is 1.67 bits per heavy atom. The van der Waals surface area contributed by atoms with Gasteiger partial charge in [-0.25, -0.2) is 0 Å². The fraction of sp³-hybridized carbons (Fsp3) is 0. The van der Waals surface area contributed by atoms with Crippen molar-refractivity contribution in [1.29, 1.82) is 0 Å². The van der Waals surface area contributed by atoms with Gasteiger partial charge in [0.1, 0.15) is 0 Å². The first-order chi connectivity index (χ1) is 28.8. The molecule has 0 unspecified atom stereocenters. The third-order valence-corrected chi connectivity index (χ3v) is 11.5. The Morgan fingerprint density at radius 1 is 0.310 bits per heavy atom. The van der Waals surface area contributed by atoms with E-state index in [4.69, 9.17) is 0 Å². The monoisotopic (exact) mass is 738 g/mol. The molecule has 0 atom stereocenters. The third-order valence-electron chi connectivity index (χ3n) is 11.5. The van der Waals surface area contributed by atoms with Crippen LogP contribution in [0.15, 0.2) is 231 Å². The van der Waals surface area contributed by atoms with Crippen molar-refractivity contribution in [2.24, 2.45) is 0 Å². The fourth-order valence-corrected chi connectivity index (χ4v) is 8.89. The molecule has 58 heavy (non-hydrogen) atoms. The lowest BCUT2D eigenvalue weighted by molar-refractivity contribution is 1.18. The summed E-state index contributed by atoms with van der Waals surface area (Å²) < 4.78 is 2.39. The standard InChI is InChI=1S/C56H38N2/c1-3-16-39(17-4-1)41-19-13-20-42(36-41)40-32-34-46(35-33-40)57(55-38-44-18-7-8-25-48(44)50-26-9-10-27-51(50)55)47-24-14-21-43(37-47)49-29-15-31-54-56(49)52-28-11-12-30-53(52)58(54)45-22-5-2-6-23-45/h1-38H. The zero-order valence-corrected chi connectivity index (χ0v) is 31.8. The van der Waals surface area contributed by atoms with Gasteiger partial charge in [0.05, 0.1) is 16.7 Å². The Hall–Kier alpha value is -7.68. The summed E-state index contributed by atoms with van der Waals surface area (Å²) >= 11 is 0. The zero-order valence-electron chi connectivity index (χ0n) is 31.8. The SMILES string of the molecule is c1ccc(-c2cccc(-c3ccc(N(c4cccc(-c5cccc6c5c5ccccc5n6-c5ccccc5)c4)c4cc5ccccc5c5ccccc45)cc3)c2)cc1. The van der Waals surface area contributed by atoms with E-state index in [1.807, 2.05) is 0 Å². The summed E-state index contributed by atoms with van der Waals surface area (Å²) in [5, 5.41) is 7.41. The number of rotatable bonds is 7. The van der Waals surface area contributed by atoms with Crippen LogP contribution >= 0.6 is 0 Å². The molecule has 2 nitrogen and oxygen atoms in total. The van der Waals surface area contributed by atoms with Crippen LogP contribution in [0.4, 0.5) is 17.1 Å². The first-order valence-electron chi connectivity index (χ1n) is 19.9. The highest BCUT2D eigenvalue weighted by molar-refractivity contribution is 6.17. The summed E-state index contributed by atoms with van der Waals surface area (Å²) in [7, 11) is 0. The largest absolute Gasteiger partial charge is 0.310 e. The lowest BCUT2D eigenvalue weighted by Gasteiger charge is -2.28. The van der Waals surface area contributed by atoms with Crippen molar-refractivity contribution in [3.05, 3.63) is 231 Å². The van der Waals surface area contributed by atoms with Crippen molar-refractivity contribution in [1.82, 2.24) is 4.57 Å². The summed E-state index contributed by atoms with van der Waals surface area (Å²) in [5.41, 5.74) is 14.1. The van der Waals surface area contributed by atoms with E-state index in [1.165, 1.54) is 76.7 Å². The summed E-state index contributed by atoms with van der Waals surface area (Å²) in [5.74, 6) is 0. The smallest absolute Gasteiger partial charge is 0.0547 e. The van der Waals surface area contributed by atoms with E-state index < -0.39 is 0 Å². The molecule has 0 aliphatic rings. The molecule has 272 valence electrons. The van der Waals surface area contributed by atoms with E-state index in [0.717, 1.165) is 22.7 Å². The molecule has 10 aromatic carbocycles. The lowest BCUT2D eigenvalue weighted by atomic mass is 9.96. The van der Waals surface area contributed by atoms with E-state index >= 15 is 0 Å². The maximum absolute atomic E-state index is 2.44. The minimum Gasteiger partial charge on any atom is -0.310 e. The molecule has 0 spiro atoms. The van der Waals surface area contributed by atoms with E-state index in [0.29, 0.717) is 0 Å². The van der Waals surface area contributed by atoms with Crippen LogP contribution in [0.2, 0.25) is 0 Å². The number of anilines is 3. The molecule has 0 bridgehead atoms. The molecule has 1 heterocycles. The quantitative estimate of drug-likeness (QED) is 0.148. The van der Waals surface area contributed by atoms with Crippen molar-refractivity contribution in [2.45, 2.75) is 0 Å². The van der Waals surface area contributed by atoms with Crippen LogP contribution in [-0.4, -0.2) is 4.57 Å². The van der Waals surface area contributed by atoms with Crippen LogP contribution in [-0.2, 0) is 0 Å². The van der Waals surface area contributed by atoms with E-state index in [1.54, 1.807) is 0 Å². The molecule has 0 radical (unpaired) electrons. The average Bonchev–Trinajstić information content (AvgIpc) is 3.65. The van der Waals surface area contributed by atoms with Gasteiger partial charge in [-0.15, -0.1) is 0 Å². The molecule has 0 N–H and O–H groups in total. The predicted octanol–water partition coefficient (Wildman–Crippen LogP) is 15.6. The Labute approximate surface area is 338 Å². The second kappa shape index (κ2) is 14.1. The van der Waals surface area contributed by atoms with Gasteiger partial charge < -0.3 is 9.47 Å². The highest BCUT2D eigenvalue weighted by Crippen LogP contribution is 2.45. The maximum Gasteiger partial charge on any atom is 0.0547 e. The van der Waals surface area contributed by atoms with Gasteiger partial charge in [-0.1, -0.05) is 170 Å². The summed E-state index contributed by atoms with van der Waals surface area (Å²) in [6.07, 6.45) is 0. The van der Waals surface area contributed by atoms with Crippen LogP contribution in [0.5, 0.6) is 0 Å². The number of nitrogens with zero attached hydrogens (tertiary/aromatic N) is 2. The molecule has 0 saturated carbocycles. The number of benzene rings is 10.